The van der Waals surface area contributed by atoms with Crippen molar-refractivity contribution in [3.05, 3.63) is 0 Å². The van der Waals surface area contributed by atoms with E-state index in [0.29, 0.717) is 6.54 Å². The zero-order valence-corrected chi connectivity index (χ0v) is 7.98. The summed E-state index contributed by atoms with van der Waals surface area (Å²) in [7, 11) is 1.58. The van der Waals surface area contributed by atoms with Gasteiger partial charge in [0.05, 0.1) is 12.1 Å². The molecule has 1 aliphatic rings. The van der Waals surface area contributed by atoms with Crippen LogP contribution in [-0.4, -0.2) is 38.1 Å². The largest absolute Gasteiger partial charge is 0.354 e. The summed E-state index contributed by atoms with van der Waals surface area (Å²) >= 11 is 0. The second-order valence-corrected chi connectivity index (χ2v) is 3.42. The first-order chi connectivity index (χ1) is 6.19. The maximum Gasteiger partial charge on any atom is 0.172 e. The molecule has 1 saturated heterocycles. The quantitative estimate of drug-likeness (QED) is 0.515. The van der Waals surface area contributed by atoms with E-state index in [1.54, 1.807) is 7.11 Å². The fraction of sp³-hybridized carbons (Fsp3) is 1.00. The molecule has 13 heavy (non-hydrogen) atoms. The Morgan fingerprint density at radius 3 is 2.77 bits per heavy atom. The Kier molecular flexibility index (Phi) is 4.08. The Bertz CT molecular complexity index is 156. The van der Waals surface area contributed by atoms with Crippen LogP contribution in [0.15, 0.2) is 0 Å². The fourth-order valence-corrected chi connectivity index (χ4v) is 1.53. The van der Waals surface area contributed by atoms with Crippen molar-refractivity contribution >= 4 is 0 Å². The van der Waals surface area contributed by atoms with Crippen LogP contribution in [0.2, 0.25) is 0 Å². The molecular formula is C8H19N3O2. The molecule has 0 spiro atoms. The van der Waals surface area contributed by atoms with Gasteiger partial charge in [-0.3, -0.25) is 0 Å². The van der Waals surface area contributed by atoms with Crippen molar-refractivity contribution in [2.45, 2.75) is 37.3 Å². The molecule has 6 N–H and O–H groups in total. The summed E-state index contributed by atoms with van der Waals surface area (Å²) in [6.07, 6.45) is 1.38. The maximum atomic E-state index is 5.77. The molecule has 1 heterocycles. The van der Waals surface area contributed by atoms with Gasteiger partial charge in [-0.25, -0.2) is 0 Å². The molecule has 0 aromatic heterocycles. The molecule has 3 unspecified atom stereocenters. The van der Waals surface area contributed by atoms with Gasteiger partial charge < -0.3 is 26.7 Å². The maximum absolute atomic E-state index is 5.77. The molecule has 5 heteroatoms. The Morgan fingerprint density at radius 2 is 2.23 bits per heavy atom. The minimum Gasteiger partial charge on any atom is -0.354 e. The highest BCUT2D eigenvalue weighted by Gasteiger charge is 2.31. The summed E-state index contributed by atoms with van der Waals surface area (Å²) in [6, 6.07) is -0.170. The topological polar surface area (TPSA) is 96.5 Å². The predicted molar refractivity (Wildman–Crippen MR) is 49.9 cm³/mol. The highest BCUT2D eigenvalue weighted by atomic mass is 16.7. The van der Waals surface area contributed by atoms with Gasteiger partial charge in [0.15, 0.2) is 6.29 Å². The lowest BCUT2D eigenvalue weighted by Gasteiger charge is -2.35. The first kappa shape index (κ1) is 10.9. The molecule has 0 radical (unpaired) electrons. The van der Waals surface area contributed by atoms with Crippen LogP contribution in [0.25, 0.3) is 0 Å². The van der Waals surface area contributed by atoms with Gasteiger partial charge in [-0.2, -0.15) is 0 Å². The van der Waals surface area contributed by atoms with Crippen LogP contribution in [-0.2, 0) is 9.47 Å². The van der Waals surface area contributed by atoms with Gasteiger partial charge >= 0.3 is 0 Å². The highest BCUT2D eigenvalue weighted by Crippen LogP contribution is 2.20. The van der Waals surface area contributed by atoms with Crippen molar-refractivity contribution in [3.8, 4) is 0 Å². The summed E-state index contributed by atoms with van der Waals surface area (Å²) < 4.78 is 10.6. The van der Waals surface area contributed by atoms with Crippen molar-refractivity contribution in [2.75, 3.05) is 13.7 Å². The third-order valence-corrected chi connectivity index (χ3v) is 2.43. The van der Waals surface area contributed by atoms with Crippen LogP contribution >= 0.6 is 0 Å². The van der Waals surface area contributed by atoms with Crippen LogP contribution < -0.4 is 17.2 Å². The SMILES string of the molecule is CO[C@H]1OC(C(N)CN)CCC1N. The number of hydrogen-bond acceptors (Lipinski definition) is 5. The van der Waals surface area contributed by atoms with Crippen molar-refractivity contribution in [1.29, 1.82) is 0 Å². The standard InChI is InChI=1S/C8H19N3O2/c1-12-8-5(10)2-3-7(13-8)6(11)4-9/h5-8H,2-4,9-11H2,1H3/t5?,6?,7?,8-/m0/s1. The number of hydrogen-bond donors (Lipinski definition) is 3. The third kappa shape index (κ3) is 2.62. The number of methoxy groups -OCH3 is 1. The molecule has 0 aromatic carbocycles. The fourth-order valence-electron chi connectivity index (χ4n) is 1.53. The van der Waals surface area contributed by atoms with E-state index in [9.17, 15) is 0 Å². The minimum absolute atomic E-state index is 0.0188. The van der Waals surface area contributed by atoms with E-state index in [-0.39, 0.29) is 24.5 Å². The zero-order valence-electron chi connectivity index (χ0n) is 7.98. The molecule has 1 fully saturated rings. The zero-order chi connectivity index (χ0) is 9.84. The van der Waals surface area contributed by atoms with Crippen LogP contribution in [0, 0.1) is 0 Å². The molecule has 4 atom stereocenters. The molecule has 78 valence electrons. The minimum atomic E-state index is -0.337. The Labute approximate surface area is 78.5 Å². The van der Waals surface area contributed by atoms with Crippen molar-refractivity contribution in [2.24, 2.45) is 17.2 Å². The van der Waals surface area contributed by atoms with Crippen molar-refractivity contribution in [1.82, 2.24) is 0 Å². The Hall–Kier alpha value is -0.200. The Morgan fingerprint density at radius 1 is 1.54 bits per heavy atom. The van der Waals surface area contributed by atoms with E-state index in [1.165, 1.54) is 0 Å². The normalized spacial score (nSPS) is 37.4. The van der Waals surface area contributed by atoms with Crippen LogP contribution in [0.1, 0.15) is 12.8 Å². The van der Waals surface area contributed by atoms with E-state index < -0.39 is 0 Å². The smallest absolute Gasteiger partial charge is 0.172 e. The molecule has 5 nitrogen and oxygen atoms in total. The summed E-state index contributed by atoms with van der Waals surface area (Å²) in [5.41, 5.74) is 17.0. The number of rotatable bonds is 3. The number of nitrogens with two attached hydrogens (primary N) is 3. The van der Waals surface area contributed by atoms with E-state index in [0.717, 1.165) is 12.8 Å². The van der Waals surface area contributed by atoms with Gasteiger partial charge in [0.25, 0.3) is 0 Å². The van der Waals surface area contributed by atoms with E-state index in [2.05, 4.69) is 0 Å². The Balaban J connectivity index is 2.44. The third-order valence-electron chi connectivity index (χ3n) is 2.43. The van der Waals surface area contributed by atoms with Crippen LogP contribution in [0.5, 0.6) is 0 Å². The lowest BCUT2D eigenvalue weighted by atomic mass is 9.99. The summed E-state index contributed by atoms with van der Waals surface area (Å²) in [6.45, 7) is 0.427. The summed E-state index contributed by atoms with van der Waals surface area (Å²) in [5, 5.41) is 0. The van der Waals surface area contributed by atoms with E-state index >= 15 is 0 Å². The highest BCUT2D eigenvalue weighted by molar-refractivity contribution is 4.82. The first-order valence-corrected chi connectivity index (χ1v) is 4.58. The average Bonchev–Trinajstić information content (AvgIpc) is 2.17. The molecule has 0 amide bonds. The predicted octanol–water partition coefficient (Wildman–Crippen LogP) is -1.25. The average molecular weight is 189 g/mol. The van der Waals surface area contributed by atoms with Gasteiger partial charge in [-0.1, -0.05) is 0 Å². The van der Waals surface area contributed by atoms with E-state index in [1.807, 2.05) is 0 Å². The molecule has 0 aromatic rings. The lowest BCUT2D eigenvalue weighted by Crippen LogP contribution is -2.52. The molecule has 1 rings (SSSR count). The van der Waals surface area contributed by atoms with Crippen molar-refractivity contribution < 1.29 is 9.47 Å². The molecule has 0 bridgehead atoms. The lowest BCUT2D eigenvalue weighted by molar-refractivity contribution is -0.193. The molecule has 1 aliphatic heterocycles. The molecule has 0 aliphatic carbocycles. The first-order valence-electron chi connectivity index (χ1n) is 4.58. The second kappa shape index (κ2) is 4.88. The van der Waals surface area contributed by atoms with Gasteiger partial charge in [-0.05, 0) is 12.8 Å². The molecular weight excluding hydrogens is 170 g/mol. The van der Waals surface area contributed by atoms with Gasteiger partial charge in [0.1, 0.15) is 0 Å². The van der Waals surface area contributed by atoms with Gasteiger partial charge in [0, 0.05) is 19.7 Å². The summed E-state index contributed by atoms with van der Waals surface area (Å²) in [5.74, 6) is 0. The van der Waals surface area contributed by atoms with Crippen LogP contribution in [0.4, 0.5) is 0 Å². The molecule has 0 saturated carbocycles. The van der Waals surface area contributed by atoms with Gasteiger partial charge in [0.2, 0.25) is 0 Å². The number of ether oxygens (including phenoxy) is 2. The van der Waals surface area contributed by atoms with Gasteiger partial charge in [-0.15, -0.1) is 0 Å². The second-order valence-electron chi connectivity index (χ2n) is 3.42. The monoisotopic (exact) mass is 189 g/mol. The van der Waals surface area contributed by atoms with Crippen LogP contribution in [0.3, 0.4) is 0 Å². The van der Waals surface area contributed by atoms with E-state index in [4.69, 9.17) is 26.7 Å². The van der Waals surface area contributed by atoms with Crippen molar-refractivity contribution in [3.63, 3.8) is 0 Å². The summed E-state index contributed by atoms with van der Waals surface area (Å²) in [4.78, 5) is 0.